The third-order valence-electron chi connectivity index (χ3n) is 4.63. The number of aromatic nitrogens is 1. The number of hydrogen-bond acceptors (Lipinski definition) is 5. The molecular formula is C20H25N7. The van der Waals surface area contributed by atoms with Crippen molar-refractivity contribution in [2.45, 2.75) is 32.1 Å². The van der Waals surface area contributed by atoms with Crippen LogP contribution in [-0.4, -0.2) is 35.9 Å². The van der Waals surface area contributed by atoms with Crippen LogP contribution in [0.25, 0.3) is 0 Å². The second-order valence-corrected chi connectivity index (χ2v) is 7.16. The van der Waals surface area contributed by atoms with Crippen molar-refractivity contribution in [1.82, 2.24) is 15.6 Å². The fraction of sp³-hybridized carbons (Fsp3) is 0.350. The molecule has 2 aromatic rings. The van der Waals surface area contributed by atoms with Crippen LogP contribution in [0.2, 0.25) is 0 Å². The van der Waals surface area contributed by atoms with Crippen molar-refractivity contribution in [3.8, 4) is 0 Å². The topological polar surface area (TPSA) is 90.9 Å². The smallest absolute Gasteiger partial charge is 0.213 e. The summed E-state index contributed by atoms with van der Waals surface area (Å²) in [4.78, 5) is 16.1. The predicted octanol–water partition coefficient (Wildman–Crippen LogP) is 1.76. The Hall–Kier alpha value is -2.93. The van der Waals surface area contributed by atoms with Gasteiger partial charge in [-0.2, -0.15) is 0 Å². The molecule has 1 aromatic carbocycles. The lowest BCUT2D eigenvalue weighted by molar-refractivity contribution is 0.416. The van der Waals surface area contributed by atoms with E-state index in [9.17, 15) is 0 Å². The minimum absolute atomic E-state index is 0.119. The second kappa shape index (κ2) is 7.00. The van der Waals surface area contributed by atoms with Crippen LogP contribution < -0.4 is 21.3 Å². The highest BCUT2D eigenvalue weighted by atomic mass is 15.4. The van der Waals surface area contributed by atoms with Crippen LogP contribution >= 0.6 is 0 Å². The third-order valence-corrected chi connectivity index (χ3v) is 4.63. The quantitative estimate of drug-likeness (QED) is 0.770. The van der Waals surface area contributed by atoms with Crippen molar-refractivity contribution in [1.29, 1.82) is 0 Å². The maximum Gasteiger partial charge on any atom is 0.213 e. The van der Waals surface area contributed by atoms with Crippen LogP contribution in [0, 0.1) is 0 Å². The van der Waals surface area contributed by atoms with Crippen LogP contribution in [0.15, 0.2) is 58.6 Å². The molecule has 2 aliphatic rings. The highest BCUT2D eigenvalue weighted by Crippen LogP contribution is 2.25. The molecule has 1 fully saturated rings. The van der Waals surface area contributed by atoms with Gasteiger partial charge < -0.3 is 15.5 Å². The minimum atomic E-state index is -1.12. The number of pyridine rings is 1. The molecule has 140 valence electrons. The molecule has 0 bridgehead atoms. The van der Waals surface area contributed by atoms with Gasteiger partial charge in [0, 0.05) is 36.5 Å². The van der Waals surface area contributed by atoms with Gasteiger partial charge in [0.25, 0.3) is 0 Å². The lowest BCUT2D eigenvalue weighted by Gasteiger charge is -2.36. The lowest BCUT2D eigenvalue weighted by Crippen LogP contribution is -2.61. The largest absolute Gasteiger partial charge is 0.356 e. The Kier molecular flexibility index (Phi) is 4.53. The van der Waals surface area contributed by atoms with Crippen molar-refractivity contribution in [3.05, 3.63) is 59.8 Å². The molecule has 4 rings (SSSR count). The van der Waals surface area contributed by atoms with E-state index in [1.807, 2.05) is 56.3 Å². The highest BCUT2D eigenvalue weighted by molar-refractivity contribution is 6.10. The van der Waals surface area contributed by atoms with E-state index < -0.39 is 5.79 Å². The van der Waals surface area contributed by atoms with Gasteiger partial charge in [0.05, 0.1) is 0 Å². The van der Waals surface area contributed by atoms with Gasteiger partial charge in [0.15, 0.2) is 5.96 Å². The van der Waals surface area contributed by atoms with E-state index in [0.717, 1.165) is 30.0 Å². The Bertz CT molecular complexity index is 871. The zero-order valence-electron chi connectivity index (χ0n) is 15.7. The summed E-state index contributed by atoms with van der Waals surface area (Å²) in [5.74, 6) is 1.12. The fourth-order valence-electron chi connectivity index (χ4n) is 3.12. The molecule has 1 atom stereocenters. The predicted molar refractivity (Wildman–Crippen MR) is 109 cm³/mol. The monoisotopic (exact) mass is 363 g/mol. The summed E-state index contributed by atoms with van der Waals surface area (Å²) < 4.78 is 0. The molecule has 0 spiro atoms. The first kappa shape index (κ1) is 17.5. The zero-order chi connectivity index (χ0) is 18.9. The molecule has 4 N–H and O–H groups in total. The number of hydrogen-bond donors (Lipinski definition) is 3. The van der Waals surface area contributed by atoms with Gasteiger partial charge in [-0.1, -0.05) is 30.3 Å². The van der Waals surface area contributed by atoms with E-state index in [4.69, 9.17) is 10.7 Å². The number of rotatable bonds is 4. The Balaban J connectivity index is 1.76. The first-order valence-electron chi connectivity index (χ1n) is 9.32. The van der Waals surface area contributed by atoms with Crippen molar-refractivity contribution in [2.24, 2.45) is 15.7 Å². The van der Waals surface area contributed by atoms with Gasteiger partial charge in [-0.05, 0) is 32.4 Å². The number of amidine groups is 1. The molecule has 7 nitrogen and oxygen atoms in total. The summed E-state index contributed by atoms with van der Waals surface area (Å²) in [5.41, 5.74) is 8.55. The van der Waals surface area contributed by atoms with Gasteiger partial charge in [-0.15, -0.1) is 0 Å². The van der Waals surface area contributed by atoms with Gasteiger partial charge in [0.2, 0.25) is 5.79 Å². The standard InChI is InChI=1S/C20H25N7/c1-14(2)23-19-24-18(15-7-4-3-5-8-15)25-20(21,26-19)16-9-10-22-17(13-16)27-11-6-12-27/h3-5,7-10,13-14H,6,11-12,21H2,1-2H3,(H2,23,24,25,26). The number of nitrogens with two attached hydrogens (primary N) is 1. The fourth-order valence-corrected chi connectivity index (χ4v) is 3.12. The molecule has 2 aliphatic heterocycles. The van der Waals surface area contributed by atoms with Crippen molar-refractivity contribution < 1.29 is 0 Å². The van der Waals surface area contributed by atoms with Gasteiger partial charge in [-0.3, -0.25) is 10.7 Å². The maximum atomic E-state index is 6.74. The Morgan fingerprint density at radius 1 is 1.19 bits per heavy atom. The van der Waals surface area contributed by atoms with Crippen LogP contribution in [0.5, 0.6) is 0 Å². The van der Waals surface area contributed by atoms with E-state index in [1.54, 1.807) is 6.20 Å². The third kappa shape index (κ3) is 3.64. The minimum Gasteiger partial charge on any atom is -0.356 e. The highest BCUT2D eigenvalue weighted by Gasteiger charge is 2.34. The normalized spacial score (nSPS) is 23.5. The van der Waals surface area contributed by atoms with Crippen molar-refractivity contribution in [2.75, 3.05) is 18.0 Å². The number of guanidine groups is 1. The Morgan fingerprint density at radius 3 is 2.63 bits per heavy atom. The number of nitrogens with zero attached hydrogens (tertiary/aromatic N) is 4. The van der Waals surface area contributed by atoms with Gasteiger partial charge in [-0.25, -0.2) is 9.98 Å². The lowest BCUT2D eigenvalue weighted by atomic mass is 10.1. The van der Waals surface area contributed by atoms with Crippen molar-refractivity contribution in [3.63, 3.8) is 0 Å². The van der Waals surface area contributed by atoms with Crippen LogP contribution in [0.3, 0.4) is 0 Å². The summed E-state index contributed by atoms with van der Waals surface area (Å²) in [6.07, 6.45) is 2.99. The first-order valence-corrected chi connectivity index (χ1v) is 9.32. The SMILES string of the molecule is CC(C)N=C1NC(c2ccccc2)=NC(N)(c2ccnc(N3CCC3)c2)N1. The van der Waals surface area contributed by atoms with Gasteiger partial charge in [0.1, 0.15) is 11.7 Å². The molecule has 1 aromatic heterocycles. The maximum absolute atomic E-state index is 6.74. The molecule has 0 radical (unpaired) electrons. The summed E-state index contributed by atoms with van der Waals surface area (Å²) in [5, 5.41) is 6.53. The van der Waals surface area contributed by atoms with E-state index in [2.05, 4.69) is 25.5 Å². The molecule has 0 saturated carbocycles. The summed E-state index contributed by atoms with van der Waals surface area (Å²) >= 11 is 0. The molecular weight excluding hydrogens is 338 g/mol. The zero-order valence-corrected chi connectivity index (χ0v) is 15.7. The first-order chi connectivity index (χ1) is 13.0. The molecule has 0 aliphatic carbocycles. The summed E-state index contributed by atoms with van der Waals surface area (Å²) in [6, 6.07) is 14.0. The van der Waals surface area contributed by atoms with E-state index in [0.29, 0.717) is 11.8 Å². The van der Waals surface area contributed by atoms with E-state index in [-0.39, 0.29) is 6.04 Å². The average molecular weight is 363 g/mol. The van der Waals surface area contributed by atoms with Crippen LogP contribution in [-0.2, 0) is 5.79 Å². The number of aliphatic imine (C=N–C) groups is 2. The molecule has 1 saturated heterocycles. The number of nitrogens with one attached hydrogen (secondary N) is 2. The second-order valence-electron chi connectivity index (χ2n) is 7.16. The Labute approximate surface area is 159 Å². The molecule has 3 heterocycles. The molecule has 1 unspecified atom stereocenters. The molecule has 7 heteroatoms. The summed E-state index contributed by atoms with van der Waals surface area (Å²) in [6.45, 7) is 6.11. The van der Waals surface area contributed by atoms with Crippen molar-refractivity contribution >= 4 is 17.6 Å². The molecule has 0 amide bonds. The summed E-state index contributed by atoms with van der Waals surface area (Å²) in [7, 11) is 0. The van der Waals surface area contributed by atoms with Gasteiger partial charge >= 0.3 is 0 Å². The Morgan fingerprint density at radius 2 is 1.96 bits per heavy atom. The van der Waals surface area contributed by atoms with Crippen LogP contribution in [0.4, 0.5) is 5.82 Å². The number of benzene rings is 1. The van der Waals surface area contributed by atoms with Crippen LogP contribution in [0.1, 0.15) is 31.4 Å². The average Bonchev–Trinajstić information content (AvgIpc) is 2.60. The molecule has 27 heavy (non-hydrogen) atoms. The van der Waals surface area contributed by atoms with E-state index in [1.165, 1.54) is 6.42 Å². The van der Waals surface area contributed by atoms with E-state index >= 15 is 0 Å². The number of anilines is 1.